The summed E-state index contributed by atoms with van der Waals surface area (Å²) in [5.74, 6) is 1.89. The van der Waals surface area contributed by atoms with Crippen LogP contribution in [0, 0.1) is 5.92 Å². The van der Waals surface area contributed by atoms with Crippen molar-refractivity contribution in [2.75, 3.05) is 39.3 Å². The summed E-state index contributed by atoms with van der Waals surface area (Å²) in [6.45, 7) is 4.01. The number of hydrogen-bond acceptors (Lipinski definition) is 4. The maximum atomic E-state index is 5.05. The van der Waals surface area contributed by atoms with Crippen molar-refractivity contribution in [1.82, 2.24) is 5.32 Å². The van der Waals surface area contributed by atoms with E-state index in [-0.39, 0.29) is 6.29 Å². The number of nitrogens with one attached hydrogen (secondary N) is 1. The summed E-state index contributed by atoms with van der Waals surface area (Å²) in [6, 6.07) is 0. The lowest BCUT2D eigenvalue weighted by molar-refractivity contribution is -0.0988. The molecule has 0 aliphatic rings. The van der Waals surface area contributed by atoms with Gasteiger partial charge in [0.15, 0.2) is 6.29 Å². The highest BCUT2D eigenvalue weighted by molar-refractivity contribution is 7.98. The molecule has 0 bridgehead atoms. The highest BCUT2D eigenvalue weighted by Crippen LogP contribution is 2.02. The van der Waals surface area contributed by atoms with E-state index in [9.17, 15) is 0 Å². The topological polar surface area (TPSA) is 30.5 Å². The highest BCUT2D eigenvalue weighted by atomic mass is 32.2. The van der Waals surface area contributed by atoms with Crippen LogP contribution in [0.1, 0.15) is 6.92 Å². The first-order valence-electron chi connectivity index (χ1n) is 4.49. The molecule has 0 rings (SSSR count). The molecular formula is C9H21NO2S. The molecule has 0 aliphatic heterocycles. The van der Waals surface area contributed by atoms with Crippen LogP contribution in [0.5, 0.6) is 0 Å². The van der Waals surface area contributed by atoms with Gasteiger partial charge < -0.3 is 14.8 Å². The quantitative estimate of drug-likeness (QED) is 0.606. The molecule has 0 aliphatic carbocycles. The van der Waals surface area contributed by atoms with Gasteiger partial charge in [0, 0.05) is 20.8 Å². The number of methoxy groups -OCH3 is 2. The molecule has 0 fully saturated rings. The second kappa shape index (κ2) is 8.81. The number of thioether (sulfide) groups is 1. The van der Waals surface area contributed by atoms with Gasteiger partial charge in [-0.1, -0.05) is 6.92 Å². The van der Waals surface area contributed by atoms with Crippen LogP contribution >= 0.6 is 11.8 Å². The molecule has 1 unspecified atom stereocenters. The Hall–Kier alpha value is 0.230. The van der Waals surface area contributed by atoms with Crippen LogP contribution in [-0.2, 0) is 9.47 Å². The van der Waals surface area contributed by atoms with E-state index >= 15 is 0 Å². The molecule has 0 heterocycles. The summed E-state index contributed by atoms with van der Waals surface area (Å²) < 4.78 is 10.1. The largest absolute Gasteiger partial charge is 0.355 e. The Morgan fingerprint density at radius 3 is 2.31 bits per heavy atom. The van der Waals surface area contributed by atoms with Crippen molar-refractivity contribution >= 4 is 11.8 Å². The monoisotopic (exact) mass is 207 g/mol. The van der Waals surface area contributed by atoms with Crippen molar-refractivity contribution in [3.63, 3.8) is 0 Å². The fourth-order valence-corrected chi connectivity index (χ4v) is 1.74. The molecule has 80 valence electrons. The van der Waals surface area contributed by atoms with Crippen LogP contribution in [0.2, 0.25) is 0 Å². The van der Waals surface area contributed by atoms with Gasteiger partial charge in [0.1, 0.15) is 0 Å². The molecule has 1 atom stereocenters. The number of rotatable bonds is 8. The molecule has 0 radical (unpaired) electrons. The second-order valence-corrected chi connectivity index (χ2v) is 4.03. The minimum atomic E-state index is -0.124. The van der Waals surface area contributed by atoms with Gasteiger partial charge in [0.25, 0.3) is 0 Å². The average molecular weight is 207 g/mol. The van der Waals surface area contributed by atoms with E-state index in [1.54, 1.807) is 14.2 Å². The minimum Gasteiger partial charge on any atom is -0.355 e. The molecule has 0 aromatic carbocycles. The van der Waals surface area contributed by atoms with Crippen LogP contribution in [0.15, 0.2) is 0 Å². The summed E-state index contributed by atoms with van der Waals surface area (Å²) in [5.41, 5.74) is 0. The SMILES string of the molecule is COC(CNCC(C)CSC)OC. The van der Waals surface area contributed by atoms with Gasteiger partial charge in [-0.2, -0.15) is 11.8 Å². The summed E-state index contributed by atoms with van der Waals surface area (Å²) in [6.07, 6.45) is 2.00. The van der Waals surface area contributed by atoms with Crippen molar-refractivity contribution in [2.24, 2.45) is 5.92 Å². The molecule has 0 saturated heterocycles. The summed E-state index contributed by atoms with van der Waals surface area (Å²) in [7, 11) is 3.31. The maximum absolute atomic E-state index is 5.05. The van der Waals surface area contributed by atoms with Gasteiger partial charge in [-0.25, -0.2) is 0 Å². The molecule has 0 aromatic heterocycles. The summed E-state index contributed by atoms with van der Waals surface area (Å²) >= 11 is 1.88. The van der Waals surface area contributed by atoms with Gasteiger partial charge in [-0.3, -0.25) is 0 Å². The van der Waals surface area contributed by atoms with Crippen molar-refractivity contribution < 1.29 is 9.47 Å². The fraction of sp³-hybridized carbons (Fsp3) is 1.00. The van der Waals surface area contributed by atoms with E-state index in [0.717, 1.165) is 13.1 Å². The Labute approximate surface area is 85.6 Å². The first kappa shape index (κ1) is 13.2. The molecular weight excluding hydrogens is 186 g/mol. The molecule has 0 saturated carbocycles. The second-order valence-electron chi connectivity index (χ2n) is 3.12. The van der Waals surface area contributed by atoms with Gasteiger partial charge in [0.05, 0.1) is 0 Å². The molecule has 0 amide bonds. The van der Waals surface area contributed by atoms with E-state index in [2.05, 4.69) is 18.5 Å². The van der Waals surface area contributed by atoms with Crippen LogP contribution < -0.4 is 5.32 Å². The van der Waals surface area contributed by atoms with Gasteiger partial charge in [0.2, 0.25) is 0 Å². The molecule has 4 heteroatoms. The third kappa shape index (κ3) is 7.31. The third-order valence-electron chi connectivity index (χ3n) is 1.78. The van der Waals surface area contributed by atoms with E-state index in [1.807, 2.05) is 11.8 Å². The van der Waals surface area contributed by atoms with E-state index in [0.29, 0.717) is 5.92 Å². The lowest BCUT2D eigenvalue weighted by Crippen LogP contribution is -2.32. The fourth-order valence-electron chi connectivity index (χ4n) is 1.05. The van der Waals surface area contributed by atoms with Crippen molar-refractivity contribution in [1.29, 1.82) is 0 Å². The Balaban J connectivity index is 3.32. The zero-order valence-corrected chi connectivity index (χ0v) is 9.82. The van der Waals surface area contributed by atoms with E-state index in [1.165, 1.54) is 5.75 Å². The van der Waals surface area contributed by atoms with Crippen molar-refractivity contribution in [3.05, 3.63) is 0 Å². The normalized spacial score (nSPS) is 13.6. The van der Waals surface area contributed by atoms with Gasteiger partial charge >= 0.3 is 0 Å². The van der Waals surface area contributed by atoms with Crippen LogP contribution in [-0.4, -0.2) is 45.6 Å². The van der Waals surface area contributed by atoms with Crippen LogP contribution in [0.4, 0.5) is 0 Å². The molecule has 0 spiro atoms. The molecule has 1 N–H and O–H groups in total. The molecule has 13 heavy (non-hydrogen) atoms. The van der Waals surface area contributed by atoms with Gasteiger partial charge in [-0.05, 0) is 24.5 Å². The first-order chi connectivity index (χ1) is 6.24. The van der Waals surface area contributed by atoms with Crippen LogP contribution in [0.25, 0.3) is 0 Å². The third-order valence-corrected chi connectivity index (χ3v) is 2.68. The van der Waals surface area contributed by atoms with Crippen molar-refractivity contribution in [2.45, 2.75) is 13.2 Å². The molecule has 0 aromatic rings. The summed E-state index contributed by atoms with van der Waals surface area (Å²) in [5, 5.41) is 3.31. The lowest BCUT2D eigenvalue weighted by Gasteiger charge is -2.16. The van der Waals surface area contributed by atoms with Crippen LogP contribution in [0.3, 0.4) is 0 Å². The predicted octanol–water partition coefficient (Wildman–Crippen LogP) is 1.19. The Morgan fingerprint density at radius 2 is 1.85 bits per heavy atom. The zero-order valence-electron chi connectivity index (χ0n) is 9.00. The predicted molar refractivity (Wildman–Crippen MR) is 58.2 cm³/mol. The Kier molecular flexibility index (Phi) is 8.97. The molecule has 3 nitrogen and oxygen atoms in total. The smallest absolute Gasteiger partial charge is 0.169 e. The Bertz CT molecular complexity index is 110. The zero-order chi connectivity index (χ0) is 10.1. The van der Waals surface area contributed by atoms with E-state index < -0.39 is 0 Å². The van der Waals surface area contributed by atoms with Gasteiger partial charge in [-0.15, -0.1) is 0 Å². The standard InChI is InChI=1S/C9H21NO2S/c1-8(7-13-4)5-10-6-9(11-2)12-3/h8-10H,5-7H2,1-4H3. The number of hydrogen-bond donors (Lipinski definition) is 1. The highest BCUT2D eigenvalue weighted by Gasteiger charge is 2.05. The summed E-state index contributed by atoms with van der Waals surface area (Å²) in [4.78, 5) is 0. The minimum absolute atomic E-state index is 0.124. The number of ether oxygens (including phenoxy) is 2. The first-order valence-corrected chi connectivity index (χ1v) is 5.89. The maximum Gasteiger partial charge on any atom is 0.169 e. The van der Waals surface area contributed by atoms with Crippen molar-refractivity contribution in [3.8, 4) is 0 Å². The Morgan fingerprint density at radius 1 is 1.23 bits per heavy atom. The average Bonchev–Trinajstić information content (AvgIpc) is 2.13. The lowest BCUT2D eigenvalue weighted by atomic mass is 10.2. The van der Waals surface area contributed by atoms with E-state index in [4.69, 9.17) is 9.47 Å².